The first-order chi connectivity index (χ1) is 11.6. The lowest BCUT2D eigenvalue weighted by molar-refractivity contribution is -0.162. The molecule has 0 aromatic carbocycles. The van der Waals surface area contributed by atoms with Crippen LogP contribution in [0.5, 0.6) is 0 Å². The minimum Gasteiger partial charge on any atom is -0.356 e. The summed E-state index contributed by atoms with van der Waals surface area (Å²) in [5.41, 5.74) is 0.732. The second kappa shape index (κ2) is 7.23. The number of halogens is 1. The van der Waals surface area contributed by atoms with Crippen LogP contribution in [0.2, 0.25) is 0 Å². The number of hydrogen-bond acceptors (Lipinski definition) is 5. The summed E-state index contributed by atoms with van der Waals surface area (Å²) in [5.74, 6) is -0.502. The molecular weight excluding hydrogens is 315 g/mol. The summed E-state index contributed by atoms with van der Waals surface area (Å²) in [6, 6.07) is 2.94. The van der Waals surface area contributed by atoms with Gasteiger partial charge in [0.25, 0.3) is 5.91 Å². The van der Waals surface area contributed by atoms with Crippen LogP contribution in [0.1, 0.15) is 18.0 Å². The number of rotatable bonds is 4. The molecule has 2 fully saturated rings. The molecule has 3 rings (SSSR count). The zero-order chi connectivity index (χ0) is 17.1. The lowest BCUT2D eigenvalue weighted by Gasteiger charge is -2.38. The molecule has 1 aromatic heterocycles. The van der Waals surface area contributed by atoms with E-state index in [1.54, 1.807) is 25.5 Å². The zero-order valence-electron chi connectivity index (χ0n) is 13.4. The molecule has 0 radical (unpaired) electrons. The van der Waals surface area contributed by atoms with E-state index >= 15 is 0 Å². The Hall–Kier alpha value is -2.06. The van der Waals surface area contributed by atoms with Crippen molar-refractivity contribution in [1.82, 2.24) is 20.5 Å². The van der Waals surface area contributed by atoms with Crippen LogP contribution in [0.3, 0.4) is 0 Å². The summed E-state index contributed by atoms with van der Waals surface area (Å²) in [6.07, 6.45) is 1.94. The third-order valence-electron chi connectivity index (χ3n) is 4.46. The van der Waals surface area contributed by atoms with Gasteiger partial charge in [0.15, 0.2) is 6.10 Å². The van der Waals surface area contributed by atoms with Crippen molar-refractivity contribution in [3.05, 3.63) is 30.1 Å². The molecule has 0 unspecified atom stereocenters. The van der Waals surface area contributed by atoms with E-state index in [9.17, 15) is 14.0 Å². The van der Waals surface area contributed by atoms with Crippen molar-refractivity contribution in [2.75, 3.05) is 26.7 Å². The summed E-state index contributed by atoms with van der Waals surface area (Å²) in [6.45, 7) is 0.506. The maximum absolute atomic E-state index is 13.2. The van der Waals surface area contributed by atoms with Crippen LogP contribution in [-0.4, -0.2) is 66.8 Å². The first kappa shape index (κ1) is 16.8. The zero-order valence-corrected chi connectivity index (χ0v) is 13.4. The van der Waals surface area contributed by atoms with E-state index in [0.29, 0.717) is 19.5 Å². The summed E-state index contributed by atoms with van der Waals surface area (Å²) < 4.78 is 18.7. The lowest BCUT2D eigenvalue weighted by atomic mass is 9.99. The van der Waals surface area contributed by atoms with Crippen LogP contribution in [0.15, 0.2) is 24.5 Å². The predicted molar refractivity (Wildman–Crippen MR) is 83.8 cm³/mol. The summed E-state index contributed by atoms with van der Waals surface area (Å²) in [7, 11) is 1.65. The smallest absolute Gasteiger partial charge is 0.251 e. The van der Waals surface area contributed by atoms with Gasteiger partial charge in [-0.15, -0.1) is 0 Å². The molecule has 24 heavy (non-hydrogen) atoms. The third-order valence-corrected chi connectivity index (χ3v) is 4.46. The highest BCUT2D eigenvalue weighted by Crippen LogP contribution is 2.28. The van der Waals surface area contributed by atoms with Crippen LogP contribution in [0.4, 0.5) is 4.39 Å². The number of alkyl halides is 1. The van der Waals surface area contributed by atoms with Crippen molar-refractivity contribution in [2.24, 2.45) is 0 Å². The Kier molecular flexibility index (Phi) is 5.06. The van der Waals surface area contributed by atoms with Gasteiger partial charge in [0, 0.05) is 38.6 Å². The van der Waals surface area contributed by atoms with Crippen LogP contribution < -0.4 is 10.6 Å². The molecule has 2 N–H and O–H groups in total. The van der Waals surface area contributed by atoms with Crippen molar-refractivity contribution in [3.63, 3.8) is 0 Å². The minimum absolute atomic E-state index is 0.0799. The molecule has 2 aliphatic rings. The third kappa shape index (κ3) is 3.54. The Morgan fingerprint density at radius 2 is 2.42 bits per heavy atom. The number of carbonyl (C=O) groups excluding carboxylic acids is 2. The topological polar surface area (TPSA) is 83.6 Å². The van der Waals surface area contributed by atoms with Crippen LogP contribution in [0.25, 0.3) is 0 Å². The standard InChI is InChI=1S/C16H21FN4O3/c1-21-13(22)9-24-15(14(21)10-3-2-4-18-6-10)16(23)20-8-12-5-11(17)7-19-12/h2-4,6,11-12,14-15,19H,5,7-9H2,1H3,(H,20,23)/t11-,12-,14+,15-/m0/s1. The summed E-state index contributed by atoms with van der Waals surface area (Å²) in [5, 5.41) is 5.82. The number of carbonyl (C=O) groups is 2. The summed E-state index contributed by atoms with van der Waals surface area (Å²) in [4.78, 5) is 30.1. The van der Waals surface area contributed by atoms with E-state index in [1.807, 2.05) is 6.07 Å². The fourth-order valence-electron chi connectivity index (χ4n) is 3.13. The van der Waals surface area contributed by atoms with Crippen molar-refractivity contribution < 1.29 is 18.7 Å². The van der Waals surface area contributed by atoms with Gasteiger partial charge < -0.3 is 20.3 Å². The largest absolute Gasteiger partial charge is 0.356 e. The monoisotopic (exact) mass is 336 g/mol. The Labute approximate surface area is 139 Å². The summed E-state index contributed by atoms with van der Waals surface area (Å²) >= 11 is 0. The SMILES string of the molecule is CN1C(=O)CO[C@H](C(=O)NC[C@@H]2C[C@H](F)CN2)[C@H]1c1cccnc1. The Morgan fingerprint density at radius 1 is 1.58 bits per heavy atom. The van der Waals surface area contributed by atoms with E-state index in [1.165, 1.54) is 4.90 Å². The molecule has 0 bridgehead atoms. The van der Waals surface area contributed by atoms with Gasteiger partial charge in [0.1, 0.15) is 12.8 Å². The quantitative estimate of drug-likeness (QED) is 0.795. The van der Waals surface area contributed by atoms with Gasteiger partial charge in [-0.05, 0) is 18.1 Å². The van der Waals surface area contributed by atoms with Crippen molar-refractivity contribution in [3.8, 4) is 0 Å². The number of likely N-dealkylation sites (N-methyl/N-ethyl adjacent to an activating group) is 1. The van der Waals surface area contributed by atoms with E-state index in [0.717, 1.165) is 5.56 Å². The molecule has 0 saturated carbocycles. The number of aromatic nitrogens is 1. The van der Waals surface area contributed by atoms with Gasteiger partial charge in [-0.3, -0.25) is 14.6 Å². The molecule has 2 aliphatic heterocycles. The highest BCUT2D eigenvalue weighted by atomic mass is 19.1. The van der Waals surface area contributed by atoms with E-state index in [4.69, 9.17) is 4.74 Å². The number of hydrogen-bond donors (Lipinski definition) is 2. The van der Waals surface area contributed by atoms with Crippen molar-refractivity contribution in [2.45, 2.75) is 30.8 Å². The highest BCUT2D eigenvalue weighted by molar-refractivity contribution is 5.86. The molecule has 0 aliphatic carbocycles. The van der Waals surface area contributed by atoms with Gasteiger partial charge in [-0.1, -0.05) is 6.07 Å². The highest BCUT2D eigenvalue weighted by Gasteiger charge is 2.40. The van der Waals surface area contributed by atoms with E-state index < -0.39 is 18.3 Å². The Morgan fingerprint density at radius 3 is 3.08 bits per heavy atom. The van der Waals surface area contributed by atoms with Gasteiger partial charge >= 0.3 is 0 Å². The minimum atomic E-state index is -0.871. The molecule has 1 aromatic rings. The van der Waals surface area contributed by atoms with Crippen LogP contribution >= 0.6 is 0 Å². The van der Waals surface area contributed by atoms with E-state index in [-0.39, 0.29) is 24.5 Å². The lowest BCUT2D eigenvalue weighted by Crippen LogP contribution is -2.54. The maximum atomic E-state index is 13.2. The molecule has 130 valence electrons. The molecule has 3 heterocycles. The van der Waals surface area contributed by atoms with Gasteiger partial charge in [0.05, 0.1) is 6.04 Å². The Bertz CT molecular complexity index is 600. The van der Waals surface area contributed by atoms with Crippen molar-refractivity contribution in [1.29, 1.82) is 0 Å². The molecule has 2 saturated heterocycles. The van der Waals surface area contributed by atoms with Crippen molar-refractivity contribution >= 4 is 11.8 Å². The normalized spacial score (nSPS) is 30.4. The Balaban J connectivity index is 1.69. The first-order valence-electron chi connectivity index (χ1n) is 7.98. The number of amides is 2. The second-order valence-electron chi connectivity index (χ2n) is 6.15. The molecule has 2 amide bonds. The number of pyridine rings is 1. The number of nitrogens with one attached hydrogen (secondary N) is 2. The molecular formula is C16H21FN4O3. The fourth-order valence-corrected chi connectivity index (χ4v) is 3.13. The van der Waals surface area contributed by atoms with Gasteiger partial charge in [-0.25, -0.2) is 4.39 Å². The van der Waals surface area contributed by atoms with Crippen LogP contribution in [-0.2, 0) is 14.3 Å². The second-order valence-corrected chi connectivity index (χ2v) is 6.15. The molecule has 7 nitrogen and oxygen atoms in total. The maximum Gasteiger partial charge on any atom is 0.251 e. The van der Waals surface area contributed by atoms with Gasteiger partial charge in [0.2, 0.25) is 5.91 Å². The first-order valence-corrected chi connectivity index (χ1v) is 7.98. The van der Waals surface area contributed by atoms with E-state index in [2.05, 4.69) is 15.6 Å². The fraction of sp³-hybridized carbons (Fsp3) is 0.562. The molecule has 8 heteroatoms. The number of morpholine rings is 1. The predicted octanol–water partition coefficient (Wildman–Crippen LogP) is -0.204. The number of ether oxygens (including phenoxy) is 1. The molecule has 0 spiro atoms. The van der Waals surface area contributed by atoms with Crippen LogP contribution in [0, 0.1) is 0 Å². The van der Waals surface area contributed by atoms with Gasteiger partial charge in [-0.2, -0.15) is 0 Å². The number of nitrogens with zero attached hydrogens (tertiary/aromatic N) is 2. The average molecular weight is 336 g/mol. The average Bonchev–Trinajstić information content (AvgIpc) is 3.01. The molecule has 4 atom stereocenters.